The van der Waals surface area contributed by atoms with Gasteiger partial charge in [0.1, 0.15) is 5.75 Å². The molecule has 2 heterocycles. The predicted octanol–water partition coefficient (Wildman–Crippen LogP) is 3.43. The van der Waals surface area contributed by atoms with Gasteiger partial charge in [-0.1, -0.05) is 0 Å². The molecule has 1 aliphatic heterocycles. The van der Waals surface area contributed by atoms with Crippen LogP contribution in [0.3, 0.4) is 0 Å². The van der Waals surface area contributed by atoms with Crippen molar-refractivity contribution in [3.8, 4) is 5.75 Å². The highest BCUT2D eigenvalue weighted by Gasteiger charge is 2.23. The van der Waals surface area contributed by atoms with Gasteiger partial charge in [-0.3, -0.25) is 9.59 Å². The van der Waals surface area contributed by atoms with Gasteiger partial charge in [-0.25, -0.2) is 0 Å². The summed E-state index contributed by atoms with van der Waals surface area (Å²) in [4.78, 5) is 25.8. The SMILES string of the molecule is Cc1ccc(/C=C/C(=O)Nc2ccc3c(c2)NC(=O)[C@@H](C)O3)s1. The first-order valence-corrected chi connectivity index (χ1v) is 8.00. The van der Waals surface area contributed by atoms with Gasteiger partial charge in [0.15, 0.2) is 6.10 Å². The Balaban J connectivity index is 1.68. The second kappa shape index (κ2) is 6.26. The second-order valence-electron chi connectivity index (χ2n) is 5.23. The molecule has 0 saturated carbocycles. The van der Waals surface area contributed by atoms with Gasteiger partial charge in [-0.15, -0.1) is 11.3 Å². The Kier molecular flexibility index (Phi) is 4.16. The van der Waals surface area contributed by atoms with Crippen molar-refractivity contribution in [1.29, 1.82) is 0 Å². The third-order valence-electron chi connectivity index (χ3n) is 3.34. The Morgan fingerprint density at radius 2 is 2.17 bits per heavy atom. The highest BCUT2D eigenvalue weighted by molar-refractivity contribution is 7.12. The van der Waals surface area contributed by atoms with Crippen LogP contribution in [-0.2, 0) is 9.59 Å². The highest BCUT2D eigenvalue weighted by Crippen LogP contribution is 2.32. The zero-order chi connectivity index (χ0) is 16.4. The minimum atomic E-state index is -0.514. The number of hydrogen-bond donors (Lipinski definition) is 2. The number of thiophene rings is 1. The summed E-state index contributed by atoms with van der Waals surface area (Å²) in [6.45, 7) is 3.71. The molecule has 0 fully saturated rings. The highest BCUT2D eigenvalue weighted by atomic mass is 32.1. The van der Waals surface area contributed by atoms with Gasteiger partial charge in [0, 0.05) is 21.5 Å². The zero-order valence-electron chi connectivity index (χ0n) is 12.8. The van der Waals surface area contributed by atoms with Gasteiger partial charge in [0.2, 0.25) is 5.91 Å². The molecule has 0 saturated heterocycles. The number of carbonyl (C=O) groups is 2. The van der Waals surface area contributed by atoms with Crippen molar-refractivity contribution in [1.82, 2.24) is 0 Å². The largest absolute Gasteiger partial charge is 0.479 e. The van der Waals surface area contributed by atoms with Crippen LogP contribution >= 0.6 is 11.3 Å². The van der Waals surface area contributed by atoms with Crippen molar-refractivity contribution in [2.24, 2.45) is 0 Å². The number of aryl methyl sites for hydroxylation is 1. The van der Waals surface area contributed by atoms with Crippen LogP contribution in [0.25, 0.3) is 6.08 Å². The van der Waals surface area contributed by atoms with Gasteiger partial charge in [-0.2, -0.15) is 0 Å². The maximum atomic E-state index is 12.0. The lowest BCUT2D eigenvalue weighted by atomic mass is 10.2. The van der Waals surface area contributed by atoms with Gasteiger partial charge in [0.05, 0.1) is 5.69 Å². The number of hydrogen-bond acceptors (Lipinski definition) is 4. The van der Waals surface area contributed by atoms with E-state index < -0.39 is 6.10 Å². The fourth-order valence-corrected chi connectivity index (χ4v) is 2.95. The van der Waals surface area contributed by atoms with Crippen LogP contribution in [0.4, 0.5) is 11.4 Å². The molecular formula is C17H16N2O3S. The summed E-state index contributed by atoms with van der Waals surface area (Å²) in [6.07, 6.45) is 2.75. The molecule has 0 bridgehead atoms. The Hall–Kier alpha value is -2.60. The minimum absolute atomic E-state index is 0.200. The van der Waals surface area contributed by atoms with Crippen LogP contribution in [0, 0.1) is 6.92 Å². The maximum absolute atomic E-state index is 12.0. The molecule has 1 aromatic heterocycles. The van der Waals surface area contributed by atoms with Crippen LogP contribution < -0.4 is 15.4 Å². The smallest absolute Gasteiger partial charge is 0.265 e. The van der Waals surface area contributed by atoms with E-state index in [2.05, 4.69) is 10.6 Å². The third-order valence-corrected chi connectivity index (χ3v) is 4.30. The summed E-state index contributed by atoms with van der Waals surface area (Å²) in [7, 11) is 0. The molecule has 0 radical (unpaired) electrons. The first kappa shape index (κ1) is 15.3. The van der Waals surface area contributed by atoms with Gasteiger partial charge >= 0.3 is 0 Å². The Morgan fingerprint density at radius 1 is 1.35 bits per heavy atom. The first-order chi connectivity index (χ1) is 11.0. The summed E-state index contributed by atoms with van der Waals surface area (Å²) in [5.41, 5.74) is 1.16. The van der Waals surface area contributed by atoms with Crippen LogP contribution in [0.2, 0.25) is 0 Å². The second-order valence-corrected chi connectivity index (χ2v) is 6.55. The van der Waals surface area contributed by atoms with Crippen molar-refractivity contribution >= 4 is 40.6 Å². The lowest BCUT2D eigenvalue weighted by Crippen LogP contribution is -2.34. The van der Waals surface area contributed by atoms with E-state index in [1.807, 2.05) is 19.1 Å². The molecular weight excluding hydrogens is 312 g/mol. The average Bonchev–Trinajstić information content (AvgIpc) is 2.92. The molecule has 3 rings (SSSR count). The monoisotopic (exact) mass is 328 g/mol. The number of nitrogens with one attached hydrogen (secondary N) is 2. The predicted molar refractivity (Wildman–Crippen MR) is 91.9 cm³/mol. The molecule has 0 spiro atoms. The van der Waals surface area contributed by atoms with E-state index >= 15 is 0 Å². The maximum Gasteiger partial charge on any atom is 0.265 e. The van der Waals surface area contributed by atoms with Gasteiger partial charge in [-0.05, 0) is 50.3 Å². The minimum Gasteiger partial charge on any atom is -0.479 e. The number of carbonyl (C=O) groups excluding carboxylic acids is 2. The van der Waals surface area contributed by atoms with Crippen molar-refractivity contribution in [3.63, 3.8) is 0 Å². The summed E-state index contributed by atoms with van der Waals surface area (Å²) in [5.74, 6) is 0.168. The van der Waals surface area contributed by atoms with Crippen molar-refractivity contribution < 1.29 is 14.3 Å². The summed E-state index contributed by atoms with van der Waals surface area (Å²) in [5, 5.41) is 5.52. The van der Waals surface area contributed by atoms with E-state index in [1.54, 1.807) is 42.5 Å². The average molecular weight is 328 g/mol. The van der Waals surface area contributed by atoms with Crippen molar-refractivity contribution in [2.45, 2.75) is 20.0 Å². The fraction of sp³-hybridized carbons (Fsp3) is 0.176. The van der Waals surface area contributed by atoms with Gasteiger partial charge in [0.25, 0.3) is 5.91 Å². The van der Waals surface area contributed by atoms with Crippen LogP contribution in [-0.4, -0.2) is 17.9 Å². The van der Waals surface area contributed by atoms with E-state index in [-0.39, 0.29) is 11.8 Å². The number of fused-ring (bicyclic) bond motifs is 1. The molecule has 2 amide bonds. The summed E-state index contributed by atoms with van der Waals surface area (Å²) >= 11 is 1.62. The molecule has 1 aromatic carbocycles. The molecule has 1 atom stereocenters. The molecule has 118 valence electrons. The number of ether oxygens (including phenoxy) is 1. The molecule has 0 aliphatic carbocycles. The quantitative estimate of drug-likeness (QED) is 0.848. The molecule has 23 heavy (non-hydrogen) atoms. The van der Waals surface area contributed by atoms with Crippen molar-refractivity contribution in [3.05, 3.63) is 46.2 Å². The van der Waals surface area contributed by atoms with E-state index in [1.165, 1.54) is 11.0 Å². The summed E-state index contributed by atoms with van der Waals surface area (Å²) in [6, 6.07) is 9.13. The third kappa shape index (κ3) is 3.60. The Bertz CT molecular complexity index is 795. The Labute approximate surface area is 138 Å². The standard InChI is InChI=1S/C17H16N2O3S/c1-10-3-5-13(23-10)6-8-16(20)18-12-4-7-15-14(9-12)19-17(21)11(2)22-15/h3-9,11H,1-2H3,(H,18,20)(H,19,21)/b8-6+/t11-/m1/s1. The zero-order valence-corrected chi connectivity index (χ0v) is 13.6. The molecule has 6 heteroatoms. The van der Waals surface area contributed by atoms with E-state index in [4.69, 9.17) is 4.74 Å². The fourth-order valence-electron chi connectivity index (χ4n) is 2.17. The molecule has 2 N–H and O–H groups in total. The lowest BCUT2D eigenvalue weighted by Gasteiger charge is -2.23. The normalized spacial score (nSPS) is 16.6. The topological polar surface area (TPSA) is 67.4 Å². The number of anilines is 2. The lowest BCUT2D eigenvalue weighted by molar-refractivity contribution is -0.122. The molecule has 1 aliphatic rings. The number of amides is 2. The van der Waals surface area contributed by atoms with Gasteiger partial charge < -0.3 is 15.4 Å². The van der Waals surface area contributed by atoms with Crippen LogP contribution in [0.5, 0.6) is 5.75 Å². The number of rotatable bonds is 3. The molecule has 5 nitrogen and oxygen atoms in total. The van der Waals surface area contributed by atoms with E-state index in [0.717, 1.165) is 4.88 Å². The van der Waals surface area contributed by atoms with Crippen molar-refractivity contribution in [2.75, 3.05) is 10.6 Å². The van der Waals surface area contributed by atoms with Crippen LogP contribution in [0.15, 0.2) is 36.4 Å². The van der Waals surface area contributed by atoms with E-state index in [0.29, 0.717) is 17.1 Å². The number of benzene rings is 1. The molecule has 0 unspecified atom stereocenters. The first-order valence-electron chi connectivity index (χ1n) is 7.18. The van der Waals surface area contributed by atoms with E-state index in [9.17, 15) is 9.59 Å². The molecule has 2 aromatic rings. The Morgan fingerprint density at radius 3 is 2.91 bits per heavy atom. The summed E-state index contributed by atoms with van der Waals surface area (Å²) < 4.78 is 5.47. The van der Waals surface area contributed by atoms with Crippen LogP contribution in [0.1, 0.15) is 16.7 Å².